The maximum absolute atomic E-state index is 14.4. The molecule has 1 aromatic heterocycles. The Morgan fingerprint density at radius 2 is 2.32 bits per heavy atom. The third kappa shape index (κ3) is 5.66. The molecule has 0 spiro atoms. The van der Waals surface area contributed by atoms with Crippen LogP contribution in [0.5, 0.6) is 11.5 Å². The van der Waals surface area contributed by atoms with E-state index in [9.17, 15) is 4.39 Å². The second-order valence-electron chi connectivity index (χ2n) is 6.84. The number of aromatic nitrogens is 1. The summed E-state index contributed by atoms with van der Waals surface area (Å²) < 4.78 is 25.4. The molecule has 1 unspecified atom stereocenters. The number of aliphatic imine (C=N–C) groups is 1. The lowest BCUT2D eigenvalue weighted by atomic mass is 10.1. The topological polar surface area (TPSA) is 59.0 Å². The molecule has 1 atom stereocenters. The van der Waals surface area contributed by atoms with Crippen LogP contribution >= 0.6 is 0 Å². The highest BCUT2D eigenvalue weighted by Crippen LogP contribution is 2.24. The molecule has 2 aromatic rings. The second kappa shape index (κ2) is 10.0. The van der Waals surface area contributed by atoms with Crippen molar-refractivity contribution in [1.82, 2.24) is 15.2 Å². The molecule has 1 saturated heterocycles. The van der Waals surface area contributed by atoms with E-state index >= 15 is 0 Å². The number of halogens is 1. The molecular formula is C21H27FN4O2. The van der Waals surface area contributed by atoms with Crippen LogP contribution in [0.3, 0.4) is 0 Å². The molecule has 1 aromatic carbocycles. The van der Waals surface area contributed by atoms with Crippen LogP contribution in [0.4, 0.5) is 4.39 Å². The van der Waals surface area contributed by atoms with Crippen molar-refractivity contribution in [2.24, 2.45) is 10.9 Å². The first kappa shape index (κ1) is 20.1. The highest BCUT2D eigenvalue weighted by molar-refractivity contribution is 5.79. The van der Waals surface area contributed by atoms with Gasteiger partial charge in [-0.15, -0.1) is 0 Å². The molecule has 150 valence electrons. The molecule has 0 aliphatic carbocycles. The predicted molar refractivity (Wildman–Crippen MR) is 107 cm³/mol. The van der Waals surface area contributed by atoms with Crippen LogP contribution in [0.2, 0.25) is 0 Å². The first-order chi connectivity index (χ1) is 13.7. The maximum atomic E-state index is 14.4. The summed E-state index contributed by atoms with van der Waals surface area (Å²) in [4.78, 5) is 10.7. The quantitative estimate of drug-likeness (QED) is 0.583. The standard InChI is InChI=1S/C21H27FN4O2/c1-3-24-21(26(2)14-17-8-10-27-15-17)25-12-16-6-7-20(19(22)11-16)28-18-5-4-9-23-13-18/h4-7,9,11,13,17H,3,8,10,12,14-15H2,1-2H3,(H,24,25). The first-order valence-corrected chi connectivity index (χ1v) is 9.59. The Bertz CT molecular complexity index is 779. The van der Waals surface area contributed by atoms with Gasteiger partial charge in [-0.3, -0.25) is 4.98 Å². The van der Waals surface area contributed by atoms with E-state index in [2.05, 4.69) is 20.2 Å². The molecule has 1 N–H and O–H groups in total. The fourth-order valence-electron chi connectivity index (χ4n) is 3.10. The Morgan fingerprint density at radius 1 is 1.43 bits per heavy atom. The van der Waals surface area contributed by atoms with Crippen LogP contribution in [0.25, 0.3) is 0 Å². The van der Waals surface area contributed by atoms with Crippen LogP contribution in [0, 0.1) is 11.7 Å². The molecule has 0 saturated carbocycles. The maximum Gasteiger partial charge on any atom is 0.193 e. The number of benzene rings is 1. The van der Waals surface area contributed by atoms with E-state index < -0.39 is 5.82 Å². The van der Waals surface area contributed by atoms with Crippen molar-refractivity contribution < 1.29 is 13.9 Å². The van der Waals surface area contributed by atoms with E-state index in [4.69, 9.17) is 9.47 Å². The van der Waals surface area contributed by atoms with Gasteiger partial charge in [-0.1, -0.05) is 6.07 Å². The van der Waals surface area contributed by atoms with Gasteiger partial charge in [0.25, 0.3) is 0 Å². The van der Waals surface area contributed by atoms with E-state index in [0.29, 0.717) is 18.2 Å². The van der Waals surface area contributed by atoms with Crippen molar-refractivity contribution in [1.29, 1.82) is 0 Å². The summed E-state index contributed by atoms with van der Waals surface area (Å²) in [6.45, 7) is 5.71. The van der Waals surface area contributed by atoms with Gasteiger partial charge in [0, 0.05) is 38.9 Å². The fourth-order valence-corrected chi connectivity index (χ4v) is 3.10. The number of hydrogen-bond acceptors (Lipinski definition) is 4. The van der Waals surface area contributed by atoms with Gasteiger partial charge < -0.3 is 19.7 Å². The summed E-state index contributed by atoms with van der Waals surface area (Å²) in [7, 11) is 2.02. The molecule has 28 heavy (non-hydrogen) atoms. The smallest absolute Gasteiger partial charge is 0.193 e. The van der Waals surface area contributed by atoms with Gasteiger partial charge in [-0.25, -0.2) is 9.38 Å². The number of guanidine groups is 1. The van der Waals surface area contributed by atoms with Crippen LogP contribution in [0.1, 0.15) is 18.9 Å². The molecule has 1 fully saturated rings. The molecule has 0 amide bonds. The zero-order valence-corrected chi connectivity index (χ0v) is 16.4. The van der Waals surface area contributed by atoms with Crippen molar-refractivity contribution >= 4 is 5.96 Å². The Balaban J connectivity index is 1.64. The summed E-state index contributed by atoms with van der Waals surface area (Å²) in [6, 6.07) is 8.39. The van der Waals surface area contributed by atoms with Gasteiger partial charge in [0.1, 0.15) is 5.75 Å². The minimum atomic E-state index is -0.419. The van der Waals surface area contributed by atoms with Crippen LogP contribution in [-0.4, -0.2) is 49.2 Å². The predicted octanol–water partition coefficient (Wildman–Crippen LogP) is 3.45. The van der Waals surface area contributed by atoms with Gasteiger partial charge in [-0.05, 0) is 43.2 Å². The van der Waals surface area contributed by atoms with Crippen LogP contribution in [0.15, 0.2) is 47.7 Å². The molecular weight excluding hydrogens is 359 g/mol. The Morgan fingerprint density at radius 3 is 3.00 bits per heavy atom. The lowest BCUT2D eigenvalue weighted by Crippen LogP contribution is -2.41. The lowest BCUT2D eigenvalue weighted by molar-refractivity contribution is 0.181. The van der Waals surface area contributed by atoms with E-state index in [1.54, 1.807) is 30.6 Å². The zero-order chi connectivity index (χ0) is 19.8. The van der Waals surface area contributed by atoms with Gasteiger partial charge >= 0.3 is 0 Å². The van der Waals surface area contributed by atoms with Crippen molar-refractivity contribution in [3.8, 4) is 11.5 Å². The first-order valence-electron chi connectivity index (χ1n) is 9.59. The number of nitrogens with one attached hydrogen (secondary N) is 1. The normalized spacial score (nSPS) is 16.8. The molecule has 7 heteroatoms. The van der Waals surface area contributed by atoms with Gasteiger partial charge in [0.2, 0.25) is 0 Å². The monoisotopic (exact) mass is 386 g/mol. The Labute approximate surface area is 165 Å². The van der Waals surface area contributed by atoms with E-state index in [0.717, 1.165) is 44.2 Å². The molecule has 0 radical (unpaired) electrons. The van der Waals surface area contributed by atoms with Crippen LogP contribution < -0.4 is 10.1 Å². The largest absolute Gasteiger partial charge is 0.453 e. The van der Waals surface area contributed by atoms with Crippen molar-refractivity contribution in [3.63, 3.8) is 0 Å². The second-order valence-corrected chi connectivity index (χ2v) is 6.84. The average Bonchev–Trinajstić information content (AvgIpc) is 3.21. The third-order valence-corrected chi connectivity index (χ3v) is 4.52. The van der Waals surface area contributed by atoms with Gasteiger partial charge in [0.05, 0.1) is 19.3 Å². The number of pyridine rings is 1. The summed E-state index contributed by atoms with van der Waals surface area (Å²) in [5, 5.41) is 3.29. The number of hydrogen-bond donors (Lipinski definition) is 1. The number of nitrogens with zero attached hydrogens (tertiary/aromatic N) is 3. The summed E-state index contributed by atoms with van der Waals surface area (Å²) >= 11 is 0. The lowest BCUT2D eigenvalue weighted by Gasteiger charge is -2.24. The zero-order valence-electron chi connectivity index (χ0n) is 16.4. The Hall–Kier alpha value is -2.67. The molecule has 2 heterocycles. The molecule has 0 bridgehead atoms. The number of ether oxygens (including phenoxy) is 2. The SMILES string of the molecule is CCNC(=NCc1ccc(Oc2cccnc2)c(F)c1)N(C)CC1CCOC1. The summed E-state index contributed by atoms with van der Waals surface area (Å²) in [6.07, 6.45) is 4.27. The van der Waals surface area contributed by atoms with Crippen molar-refractivity contribution in [3.05, 3.63) is 54.1 Å². The summed E-state index contributed by atoms with van der Waals surface area (Å²) in [5.74, 6) is 1.59. The minimum absolute atomic E-state index is 0.172. The molecule has 1 aliphatic rings. The fraction of sp³-hybridized carbons (Fsp3) is 0.429. The van der Waals surface area contributed by atoms with Gasteiger partial charge in [-0.2, -0.15) is 0 Å². The molecule has 1 aliphatic heterocycles. The van der Waals surface area contributed by atoms with Crippen LogP contribution in [-0.2, 0) is 11.3 Å². The minimum Gasteiger partial charge on any atom is -0.453 e. The van der Waals surface area contributed by atoms with E-state index in [-0.39, 0.29) is 5.75 Å². The average molecular weight is 386 g/mol. The summed E-state index contributed by atoms with van der Waals surface area (Å²) in [5.41, 5.74) is 0.782. The molecule has 6 nitrogen and oxygen atoms in total. The van der Waals surface area contributed by atoms with Gasteiger partial charge in [0.15, 0.2) is 17.5 Å². The van der Waals surface area contributed by atoms with Crippen molar-refractivity contribution in [2.75, 3.05) is 33.4 Å². The van der Waals surface area contributed by atoms with Crippen molar-refractivity contribution in [2.45, 2.75) is 19.9 Å². The number of rotatable bonds is 7. The van der Waals surface area contributed by atoms with E-state index in [1.807, 2.05) is 20.0 Å². The Kier molecular flexibility index (Phi) is 7.19. The van der Waals surface area contributed by atoms with E-state index in [1.165, 1.54) is 6.07 Å². The highest BCUT2D eigenvalue weighted by Gasteiger charge is 2.19. The molecule has 3 rings (SSSR count). The highest BCUT2D eigenvalue weighted by atomic mass is 19.1. The third-order valence-electron chi connectivity index (χ3n) is 4.52.